The predicted octanol–water partition coefficient (Wildman–Crippen LogP) is 3.74. The van der Waals surface area contributed by atoms with Gasteiger partial charge in [0.1, 0.15) is 11.5 Å². The minimum Gasteiger partial charge on any atom is -0.457 e. The number of ether oxygens (including phenoxy) is 2. The molecule has 0 saturated carbocycles. The van der Waals surface area contributed by atoms with Gasteiger partial charge < -0.3 is 19.3 Å². The number of carbonyl (C=O) groups is 2. The number of amides is 2. The Balaban J connectivity index is 1.14. The predicted molar refractivity (Wildman–Crippen MR) is 123 cm³/mol. The fraction of sp³-hybridized carbons (Fsp3) is 0.360. The van der Waals surface area contributed by atoms with Gasteiger partial charge in [-0.25, -0.2) is 0 Å². The summed E-state index contributed by atoms with van der Waals surface area (Å²) in [6.45, 7) is 1.53. The van der Waals surface area contributed by atoms with Gasteiger partial charge in [0.2, 0.25) is 6.79 Å². The molecular formula is C25H24N4O4. The van der Waals surface area contributed by atoms with E-state index in [2.05, 4.69) is 9.98 Å². The van der Waals surface area contributed by atoms with Crippen LogP contribution in [0.4, 0.5) is 11.4 Å². The highest BCUT2D eigenvalue weighted by molar-refractivity contribution is 6.03. The van der Waals surface area contributed by atoms with E-state index in [-0.39, 0.29) is 30.7 Å². The molecule has 2 aromatic rings. The third-order valence-corrected chi connectivity index (χ3v) is 6.74. The van der Waals surface area contributed by atoms with E-state index in [0.29, 0.717) is 34.0 Å². The summed E-state index contributed by atoms with van der Waals surface area (Å²) in [6, 6.07) is 10.7. The highest BCUT2D eigenvalue weighted by Crippen LogP contribution is 2.33. The Bertz CT molecular complexity index is 1100. The largest absolute Gasteiger partial charge is 0.457 e. The van der Waals surface area contributed by atoms with Crippen LogP contribution in [0.2, 0.25) is 0 Å². The Morgan fingerprint density at radius 3 is 1.73 bits per heavy atom. The van der Waals surface area contributed by atoms with E-state index in [1.165, 1.54) is 0 Å². The van der Waals surface area contributed by atoms with Gasteiger partial charge in [0.15, 0.2) is 0 Å². The number of fused-ring (bicyclic) bond motifs is 4. The van der Waals surface area contributed by atoms with Crippen LogP contribution in [0.3, 0.4) is 0 Å². The standard InChI is InChI=1S/C25H24N4O4/c30-24-20-7-5-18(11-22(20)26-13-16-3-1-9-28(16)24)32-15-33-19-6-8-21-23(12-19)27-14-17-4-2-10-29(17)25(21)31/h5-8,11-14,16-17H,1-4,9-10,15H2/t16-,17-/m0/s1. The molecule has 8 nitrogen and oxygen atoms in total. The zero-order valence-corrected chi connectivity index (χ0v) is 18.1. The first-order valence-corrected chi connectivity index (χ1v) is 11.4. The number of hydrogen-bond acceptors (Lipinski definition) is 6. The average Bonchev–Trinajstić information content (AvgIpc) is 3.45. The minimum atomic E-state index is -0.0175. The molecule has 6 rings (SSSR count). The van der Waals surface area contributed by atoms with Gasteiger partial charge in [0, 0.05) is 37.7 Å². The molecule has 2 amide bonds. The minimum absolute atomic E-state index is 0.0175. The number of hydrogen-bond donors (Lipinski definition) is 0. The summed E-state index contributed by atoms with van der Waals surface area (Å²) < 4.78 is 11.5. The highest BCUT2D eigenvalue weighted by atomic mass is 16.7. The Labute approximate surface area is 191 Å². The zero-order chi connectivity index (χ0) is 22.4. The second-order valence-corrected chi connectivity index (χ2v) is 8.74. The average molecular weight is 444 g/mol. The second-order valence-electron chi connectivity index (χ2n) is 8.74. The summed E-state index contributed by atoms with van der Waals surface area (Å²) in [7, 11) is 0. The lowest BCUT2D eigenvalue weighted by molar-refractivity contribution is 0.0767. The van der Waals surface area contributed by atoms with Gasteiger partial charge in [-0.15, -0.1) is 0 Å². The normalized spacial score (nSPS) is 22.9. The number of nitrogens with zero attached hydrogens (tertiary/aromatic N) is 4. The maximum Gasteiger partial charge on any atom is 0.256 e. The van der Waals surface area contributed by atoms with Crippen LogP contribution in [0.5, 0.6) is 11.5 Å². The van der Waals surface area contributed by atoms with Crippen molar-refractivity contribution >= 4 is 35.6 Å². The molecule has 0 aromatic heterocycles. The molecule has 0 N–H and O–H groups in total. The van der Waals surface area contributed by atoms with E-state index in [9.17, 15) is 9.59 Å². The van der Waals surface area contributed by atoms with Crippen LogP contribution in [0.25, 0.3) is 0 Å². The third kappa shape index (κ3) is 3.55. The van der Waals surface area contributed by atoms with Crippen molar-refractivity contribution in [3.63, 3.8) is 0 Å². The van der Waals surface area contributed by atoms with E-state index in [4.69, 9.17) is 9.47 Å². The molecule has 2 saturated heterocycles. The van der Waals surface area contributed by atoms with Crippen molar-refractivity contribution in [3.8, 4) is 11.5 Å². The summed E-state index contributed by atoms with van der Waals surface area (Å²) in [5.41, 5.74) is 2.42. The van der Waals surface area contributed by atoms with Gasteiger partial charge in [-0.05, 0) is 49.9 Å². The monoisotopic (exact) mass is 444 g/mol. The lowest BCUT2D eigenvalue weighted by Crippen LogP contribution is -2.35. The zero-order valence-electron chi connectivity index (χ0n) is 18.1. The number of aliphatic imine (C=N–C) groups is 2. The first kappa shape index (κ1) is 20.0. The molecule has 0 spiro atoms. The molecule has 4 aliphatic heterocycles. The van der Waals surface area contributed by atoms with Gasteiger partial charge in [-0.1, -0.05) is 0 Å². The number of rotatable bonds is 4. The molecule has 8 heteroatoms. The smallest absolute Gasteiger partial charge is 0.256 e. The quantitative estimate of drug-likeness (QED) is 0.673. The van der Waals surface area contributed by atoms with E-state index < -0.39 is 0 Å². The fourth-order valence-corrected chi connectivity index (χ4v) is 4.98. The lowest BCUT2D eigenvalue weighted by atomic mass is 10.1. The van der Waals surface area contributed by atoms with E-state index in [1.807, 2.05) is 22.2 Å². The number of carbonyl (C=O) groups excluding carboxylic acids is 2. The highest BCUT2D eigenvalue weighted by Gasteiger charge is 2.32. The van der Waals surface area contributed by atoms with Crippen molar-refractivity contribution in [2.24, 2.45) is 9.98 Å². The van der Waals surface area contributed by atoms with Crippen molar-refractivity contribution in [1.29, 1.82) is 0 Å². The molecule has 2 fully saturated rings. The maximum absolute atomic E-state index is 12.8. The van der Waals surface area contributed by atoms with Crippen LogP contribution in [0, 0.1) is 0 Å². The van der Waals surface area contributed by atoms with Crippen molar-refractivity contribution in [2.75, 3.05) is 19.9 Å². The summed E-state index contributed by atoms with van der Waals surface area (Å²) in [5.74, 6) is 1.19. The van der Waals surface area contributed by atoms with Crippen LogP contribution in [0.1, 0.15) is 46.4 Å². The van der Waals surface area contributed by atoms with Gasteiger partial charge in [0.25, 0.3) is 11.8 Å². The van der Waals surface area contributed by atoms with Crippen LogP contribution >= 0.6 is 0 Å². The van der Waals surface area contributed by atoms with Gasteiger partial charge >= 0.3 is 0 Å². The van der Waals surface area contributed by atoms with E-state index in [0.717, 1.165) is 38.8 Å². The molecular weight excluding hydrogens is 420 g/mol. The lowest BCUT2D eigenvalue weighted by Gasteiger charge is -2.20. The summed E-state index contributed by atoms with van der Waals surface area (Å²) >= 11 is 0. The molecule has 0 aliphatic carbocycles. The Kier molecular flexibility index (Phi) is 4.86. The molecule has 33 heavy (non-hydrogen) atoms. The van der Waals surface area contributed by atoms with Crippen LogP contribution in [-0.4, -0.2) is 66.0 Å². The maximum atomic E-state index is 12.8. The van der Waals surface area contributed by atoms with Gasteiger partial charge in [0.05, 0.1) is 34.6 Å². The Hall–Kier alpha value is -3.68. The fourth-order valence-electron chi connectivity index (χ4n) is 4.98. The van der Waals surface area contributed by atoms with Crippen LogP contribution in [-0.2, 0) is 0 Å². The van der Waals surface area contributed by atoms with Gasteiger partial charge in [-0.3, -0.25) is 19.6 Å². The third-order valence-electron chi connectivity index (χ3n) is 6.74. The Morgan fingerprint density at radius 2 is 1.24 bits per heavy atom. The molecule has 0 radical (unpaired) electrons. The van der Waals surface area contributed by atoms with Crippen LogP contribution in [0.15, 0.2) is 46.4 Å². The first-order chi connectivity index (χ1) is 16.2. The van der Waals surface area contributed by atoms with Crippen molar-refractivity contribution in [2.45, 2.75) is 37.8 Å². The van der Waals surface area contributed by atoms with Crippen molar-refractivity contribution in [1.82, 2.24) is 9.80 Å². The molecule has 168 valence electrons. The molecule has 4 aliphatic rings. The Morgan fingerprint density at radius 1 is 0.758 bits per heavy atom. The second kappa shape index (κ2) is 8.03. The summed E-state index contributed by atoms with van der Waals surface area (Å²) in [5, 5.41) is 0. The van der Waals surface area contributed by atoms with Gasteiger partial charge in [-0.2, -0.15) is 0 Å². The molecule has 2 aromatic carbocycles. The SMILES string of the molecule is O=C1c2ccc(OCOc3ccc4c(c3)N=C[C@@H]3CCCN3C4=O)cc2N=C[C@@H]2CCCN12. The van der Waals surface area contributed by atoms with E-state index >= 15 is 0 Å². The summed E-state index contributed by atoms with van der Waals surface area (Å²) in [4.78, 5) is 38.4. The first-order valence-electron chi connectivity index (χ1n) is 11.4. The van der Waals surface area contributed by atoms with Crippen molar-refractivity contribution in [3.05, 3.63) is 47.5 Å². The van der Waals surface area contributed by atoms with Crippen molar-refractivity contribution < 1.29 is 19.1 Å². The van der Waals surface area contributed by atoms with Crippen LogP contribution < -0.4 is 9.47 Å². The molecule has 2 atom stereocenters. The number of benzene rings is 2. The molecule has 0 unspecified atom stereocenters. The van der Waals surface area contributed by atoms with E-state index in [1.54, 1.807) is 36.4 Å². The molecule has 0 bridgehead atoms. The topological polar surface area (TPSA) is 83.8 Å². The summed E-state index contributed by atoms with van der Waals surface area (Å²) in [6.07, 6.45) is 7.65. The molecule has 4 heterocycles.